The molecular weight excluding hydrogens is 547 g/mol. The first-order valence-electron chi connectivity index (χ1n) is 12.3. The molecule has 1 aromatic heterocycles. The van der Waals surface area contributed by atoms with E-state index in [9.17, 15) is 28.1 Å². The van der Waals surface area contributed by atoms with Gasteiger partial charge >= 0.3 is 6.18 Å². The number of aromatic nitrogens is 2. The Kier molecular flexibility index (Phi) is 7.24. The molecule has 2 heterocycles. The van der Waals surface area contributed by atoms with Crippen molar-refractivity contribution < 1.29 is 22.9 Å². The molecule has 1 amide bonds. The van der Waals surface area contributed by atoms with Gasteiger partial charge in [-0.3, -0.25) is 19.5 Å². The van der Waals surface area contributed by atoms with Crippen LogP contribution in [-0.2, 0) is 6.18 Å². The van der Waals surface area contributed by atoms with Crippen molar-refractivity contribution in [3.8, 4) is 17.1 Å². The van der Waals surface area contributed by atoms with E-state index in [1.54, 1.807) is 58.9 Å². The summed E-state index contributed by atoms with van der Waals surface area (Å²) in [5.74, 6) is 0.0815. The predicted octanol–water partition coefficient (Wildman–Crippen LogP) is 6.39. The molecule has 1 fully saturated rings. The van der Waals surface area contributed by atoms with Crippen molar-refractivity contribution in [1.82, 2.24) is 14.5 Å². The number of nitro benzene ring substituents is 1. The maximum Gasteiger partial charge on any atom is 0.416 e. The molecule has 0 bridgehead atoms. The molecule has 12 heteroatoms. The van der Waals surface area contributed by atoms with Crippen molar-refractivity contribution in [2.45, 2.75) is 13.1 Å². The van der Waals surface area contributed by atoms with Crippen molar-refractivity contribution in [3.05, 3.63) is 105 Å². The van der Waals surface area contributed by atoms with Gasteiger partial charge in [-0.05, 0) is 49.4 Å². The van der Waals surface area contributed by atoms with E-state index in [2.05, 4.69) is 4.98 Å². The molecule has 0 atom stereocenters. The number of alkyl halides is 3. The zero-order valence-corrected chi connectivity index (χ0v) is 22.0. The Balaban J connectivity index is 1.44. The second-order valence-electron chi connectivity index (χ2n) is 9.29. The van der Waals surface area contributed by atoms with Crippen molar-refractivity contribution in [2.24, 2.45) is 0 Å². The monoisotopic (exact) mass is 569 g/mol. The van der Waals surface area contributed by atoms with E-state index in [-0.39, 0.29) is 17.3 Å². The number of hydrogen-bond donors (Lipinski definition) is 0. The lowest BCUT2D eigenvalue weighted by molar-refractivity contribution is -0.384. The Morgan fingerprint density at radius 2 is 1.62 bits per heavy atom. The van der Waals surface area contributed by atoms with E-state index in [4.69, 9.17) is 11.6 Å². The Morgan fingerprint density at radius 3 is 2.25 bits per heavy atom. The smallest absolute Gasteiger partial charge is 0.368 e. The molecule has 0 radical (unpaired) electrons. The van der Waals surface area contributed by atoms with Crippen LogP contribution in [0.1, 0.15) is 21.7 Å². The van der Waals surface area contributed by atoms with Gasteiger partial charge in [-0.15, -0.1) is 0 Å². The van der Waals surface area contributed by atoms with Crippen molar-refractivity contribution in [1.29, 1.82) is 0 Å². The maximum absolute atomic E-state index is 13.7. The van der Waals surface area contributed by atoms with Crippen LogP contribution in [0.5, 0.6) is 0 Å². The number of benzene rings is 3. The van der Waals surface area contributed by atoms with Gasteiger partial charge in [0, 0.05) is 55.2 Å². The molecule has 8 nitrogen and oxygen atoms in total. The summed E-state index contributed by atoms with van der Waals surface area (Å²) in [6.45, 7) is 3.03. The molecule has 0 unspecified atom stereocenters. The van der Waals surface area contributed by atoms with Crippen LogP contribution in [-0.4, -0.2) is 51.5 Å². The van der Waals surface area contributed by atoms with Gasteiger partial charge in [0.1, 0.15) is 11.5 Å². The number of carbonyl (C=O) groups excluding carboxylic acids is 1. The summed E-state index contributed by atoms with van der Waals surface area (Å²) in [4.78, 5) is 32.4. The average Bonchev–Trinajstić information content (AvgIpc) is 3.29. The zero-order chi connectivity index (χ0) is 28.6. The van der Waals surface area contributed by atoms with Gasteiger partial charge in [-0.25, -0.2) is 4.98 Å². The molecule has 4 aromatic rings. The fourth-order valence-corrected chi connectivity index (χ4v) is 4.98. The number of nitrogens with zero attached hydrogens (tertiary/aromatic N) is 5. The van der Waals surface area contributed by atoms with Gasteiger partial charge in [0.15, 0.2) is 0 Å². The Labute approximate surface area is 232 Å². The van der Waals surface area contributed by atoms with Crippen molar-refractivity contribution in [3.63, 3.8) is 0 Å². The summed E-state index contributed by atoms with van der Waals surface area (Å²) in [6.07, 6.45) is -4.44. The Bertz CT molecular complexity index is 1580. The van der Waals surface area contributed by atoms with Crippen LogP contribution >= 0.6 is 11.6 Å². The second-order valence-corrected chi connectivity index (χ2v) is 9.69. The minimum Gasteiger partial charge on any atom is -0.368 e. The number of piperazine rings is 1. The normalized spacial score (nSPS) is 13.9. The summed E-state index contributed by atoms with van der Waals surface area (Å²) < 4.78 is 41.2. The third-order valence-electron chi connectivity index (χ3n) is 6.85. The van der Waals surface area contributed by atoms with Crippen LogP contribution in [0.15, 0.2) is 72.8 Å². The molecule has 3 aromatic carbocycles. The van der Waals surface area contributed by atoms with E-state index in [1.165, 1.54) is 18.2 Å². The second kappa shape index (κ2) is 10.6. The molecule has 5 rings (SSSR count). The highest BCUT2D eigenvalue weighted by atomic mass is 35.5. The SMILES string of the molecule is Cc1c(C(=O)N2CCN(c3cccc(C(F)(F)F)c3)CC2)nc(-c2ccccc2Cl)n1-c1ccc([N+](=O)[O-])cc1. The molecule has 1 aliphatic heterocycles. The van der Waals surface area contributed by atoms with Crippen LogP contribution in [0.3, 0.4) is 0 Å². The molecule has 0 spiro atoms. The number of halogens is 4. The number of hydrogen-bond acceptors (Lipinski definition) is 5. The number of anilines is 1. The number of nitro groups is 1. The van der Waals surface area contributed by atoms with Gasteiger partial charge in [0.2, 0.25) is 0 Å². The molecule has 206 valence electrons. The molecule has 1 saturated heterocycles. The summed E-state index contributed by atoms with van der Waals surface area (Å²) in [5.41, 5.74) is 1.52. The summed E-state index contributed by atoms with van der Waals surface area (Å²) in [7, 11) is 0. The minimum atomic E-state index is -4.44. The summed E-state index contributed by atoms with van der Waals surface area (Å²) >= 11 is 6.47. The Hall–Kier alpha value is -4.38. The standard InChI is InChI=1S/C28H23ClF3N5O3/c1-18-25(27(38)35-15-13-34(14-16-35)22-6-4-5-19(17-22)28(30,31)32)33-26(23-7-2-3-8-24(23)29)36(18)20-9-11-21(12-10-20)37(39)40/h2-12,17H,13-16H2,1H3. The molecule has 1 aliphatic rings. The molecular formula is C28H23ClF3N5O3. The first-order valence-corrected chi connectivity index (χ1v) is 12.7. The molecule has 0 aliphatic carbocycles. The molecule has 40 heavy (non-hydrogen) atoms. The number of carbonyl (C=O) groups is 1. The number of imidazole rings is 1. The third-order valence-corrected chi connectivity index (χ3v) is 7.18. The lowest BCUT2D eigenvalue weighted by Gasteiger charge is -2.36. The summed E-state index contributed by atoms with van der Waals surface area (Å²) in [5, 5.41) is 11.6. The number of amides is 1. The fourth-order valence-electron chi connectivity index (χ4n) is 4.76. The van der Waals surface area contributed by atoms with E-state index in [0.717, 1.165) is 12.1 Å². The number of non-ortho nitro benzene ring substituents is 1. The van der Waals surface area contributed by atoms with Crippen LogP contribution < -0.4 is 4.90 Å². The highest BCUT2D eigenvalue weighted by Crippen LogP contribution is 2.34. The highest BCUT2D eigenvalue weighted by molar-refractivity contribution is 6.33. The quantitative estimate of drug-likeness (QED) is 0.205. The first kappa shape index (κ1) is 27.2. The lowest BCUT2D eigenvalue weighted by Crippen LogP contribution is -2.49. The van der Waals surface area contributed by atoms with E-state index < -0.39 is 16.7 Å². The van der Waals surface area contributed by atoms with Gasteiger partial charge in [0.05, 0.1) is 21.2 Å². The van der Waals surface area contributed by atoms with Crippen molar-refractivity contribution >= 4 is 28.9 Å². The van der Waals surface area contributed by atoms with E-state index in [1.807, 2.05) is 4.90 Å². The van der Waals surface area contributed by atoms with Crippen LogP contribution in [0.2, 0.25) is 5.02 Å². The van der Waals surface area contributed by atoms with Gasteiger partial charge in [-0.1, -0.05) is 29.8 Å². The van der Waals surface area contributed by atoms with Crippen LogP contribution in [0.4, 0.5) is 24.5 Å². The molecule has 0 N–H and O–H groups in total. The maximum atomic E-state index is 13.7. The number of rotatable bonds is 5. The van der Waals surface area contributed by atoms with Crippen LogP contribution in [0.25, 0.3) is 17.1 Å². The predicted molar refractivity (Wildman–Crippen MR) is 145 cm³/mol. The zero-order valence-electron chi connectivity index (χ0n) is 21.2. The fraction of sp³-hybridized carbons (Fsp3) is 0.214. The average molecular weight is 570 g/mol. The highest BCUT2D eigenvalue weighted by Gasteiger charge is 2.32. The lowest BCUT2D eigenvalue weighted by atomic mass is 10.1. The largest absolute Gasteiger partial charge is 0.416 e. The van der Waals surface area contributed by atoms with E-state index >= 15 is 0 Å². The summed E-state index contributed by atoms with van der Waals surface area (Å²) in [6, 6.07) is 18.1. The minimum absolute atomic E-state index is 0.0734. The molecule has 0 saturated carbocycles. The van der Waals surface area contributed by atoms with Gasteiger partial charge in [0.25, 0.3) is 11.6 Å². The van der Waals surface area contributed by atoms with E-state index in [0.29, 0.717) is 59.7 Å². The van der Waals surface area contributed by atoms with Crippen molar-refractivity contribution in [2.75, 3.05) is 31.1 Å². The van der Waals surface area contributed by atoms with Crippen LogP contribution in [0, 0.1) is 17.0 Å². The Morgan fingerprint density at radius 1 is 0.950 bits per heavy atom. The topological polar surface area (TPSA) is 84.5 Å². The first-order chi connectivity index (χ1) is 19.0. The third kappa shape index (κ3) is 5.24. The van der Waals surface area contributed by atoms with Gasteiger partial charge < -0.3 is 9.80 Å². The van der Waals surface area contributed by atoms with Gasteiger partial charge in [-0.2, -0.15) is 13.2 Å².